The molecule has 0 aliphatic heterocycles. The molecule has 0 bridgehead atoms. The van der Waals surface area contributed by atoms with E-state index < -0.39 is 23.6 Å². The van der Waals surface area contributed by atoms with Crippen molar-refractivity contribution in [3.05, 3.63) is 35.4 Å². The van der Waals surface area contributed by atoms with Crippen LogP contribution in [0.1, 0.15) is 71.9 Å². The first-order valence-corrected chi connectivity index (χ1v) is 9.15. The summed E-state index contributed by atoms with van der Waals surface area (Å²) in [4.78, 5) is 23.7. The van der Waals surface area contributed by atoms with E-state index in [0.29, 0.717) is 12.3 Å². The van der Waals surface area contributed by atoms with Crippen LogP contribution in [0.3, 0.4) is 0 Å². The summed E-state index contributed by atoms with van der Waals surface area (Å²) in [6.07, 6.45) is -0.225. The molecule has 0 spiro atoms. The van der Waals surface area contributed by atoms with Crippen molar-refractivity contribution in [2.75, 3.05) is 6.54 Å². The van der Waals surface area contributed by atoms with E-state index in [4.69, 9.17) is 4.74 Å². The van der Waals surface area contributed by atoms with Gasteiger partial charge in [0.15, 0.2) is 0 Å². The number of aliphatic carboxylic acids is 1. The van der Waals surface area contributed by atoms with Crippen LogP contribution in [0.4, 0.5) is 4.79 Å². The van der Waals surface area contributed by atoms with Crippen LogP contribution in [-0.4, -0.2) is 29.3 Å². The maximum atomic E-state index is 11.9. The third-order valence-corrected chi connectivity index (χ3v) is 4.87. The molecule has 2 N–H and O–H groups in total. The van der Waals surface area contributed by atoms with Gasteiger partial charge in [0, 0.05) is 6.54 Å². The second kappa shape index (κ2) is 8.56. The van der Waals surface area contributed by atoms with Crippen molar-refractivity contribution < 1.29 is 19.4 Å². The zero-order chi connectivity index (χ0) is 20.1. The van der Waals surface area contributed by atoms with Crippen LogP contribution in [0.5, 0.6) is 0 Å². The second-order valence-electron chi connectivity index (χ2n) is 8.57. The third kappa shape index (κ3) is 6.04. The number of carboxylic acids is 1. The van der Waals surface area contributed by atoms with Gasteiger partial charge in [0.25, 0.3) is 0 Å². The van der Waals surface area contributed by atoms with Gasteiger partial charge in [-0.15, -0.1) is 0 Å². The maximum Gasteiger partial charge on any atom is 0.407 e. The van der Waals surface area contributed by atoms with Gasteiger partial charge >= 0.3 is 12.1 Å². The Bertz CT molecular complexity index is 629. The highest BCUT2D eigenvalue weighted by molar-refractivity contribution is 5.77. The third-order valence-electron chi connectivity index (χ3n) is 4.87. The highest BCUT2D eigenvalue weighted by Gasteiger charge is 2.31. The maximum absolute atomic E-state index is 11.9. The van der Waals surface area contributed by atoms with E-state index in [-0.39, 0.29) is 12.0 Å². The number of ether oxygens (including phenoxy) is 1. The molecule has 1 aromatic rings. The average Bonchev–Trinajstić information content (AvgIpc) is 2.49. The second-order valence-corrected chi connectivity index (χ2v) is 8.57. The summed E-state index contributed by atoms with van der Waals surface area (Å²) in [7, 11) is 0. The van der Waals surface area contributed by atoms with Crippen LogP contribution >= 0.6 is 0 Å². The minimum Gasteiger partial charge on any atom is -0.481 e. The molecule has 5 nitrogen and oxygen atoms in total. The van der Waals surface area contributed by atoms with Crippen molar-refractivity contribution in [2.45, 2.75) is 71.8 Å². The molecule has 26 heavy (non-hydrogen) atoms. The van der Waals surface area contributed by atoms with Gasteiger partial charge < -0.3 is 15.2 Å². The Balaban J connectivity index is 2.96. The zero-order valence-corrected chi connectivity index (χ0v) is 17.1. The number of carboxylic acid groups (broad SMARTS) is 1. The fourth-order valence-corrected chi connectivity index (χ4v) is 2.74. The van der Waals surface area contributed by atoms with Gasteiger partial charge in [-0.25, -0.2) is 4.79 Å². The molecule has 1 unspecified atom stereocenters. The van der Waals surface area contributed by atoms with E-state index >= 15 is 0 Å². The first kappa shape index (κ1) is 22.0. The van der Waals surface area contributed by atoms with Gasteiger partial charge in [-0.05, 0) is 49.7 Å². The molecule has 0 aliphatic rings. The monoisotopic (exact) mass is 363 g/mol. The van der Waals surface area contributed by atoms with E-state index in [1.165, 1.54) is 0 Å². The molecular formula is C21H33NO4. The zero-order valence-electron chi connectivity index (χ0n) is 17.1. The Kier molecular flexibility index (Phi) is 7.25. The molecule has 1 rings (SSSR count). The lowest BCUT2D eigenvalue weighted by Crippen LogP contribution is -2.34. The van der Waals surface area contributed by atoms with Crippen molar-refractivity contribution in [2.24, 2.45) is 5.92 Å². The number of alkyl carbamates (subject to hydrolysis) is 1. The predicted molar refractivity (Wildman–Crippen MR) is 104 cm³/mol. The van der Waals surface area contributed by atoms with E-state index in [1.807, 2.05) is 24.3 Å². The molecule has 5 heteroatoms. The van der Waals surface area contributed by atoms with Crippen molar-refractivity contribution >= 4 is 12.1 Å². The summed E-state index contributed by atoms with van der Waals surface area (Å²) in [5.41, 5.74) is 1.12. The first-order chi connectivity index (χ1) is 11.9. The number of nitrogens with one attached hydrogen (secondary N) is 1. The summed E-state index contributed by atoms with van der Waals surface area (Å²) in [5.74, 6) is -1.21. The molecule has 0 aromatic heterocycles. The Morgan fingerprint density at radius 2 is 1.69 bits per heavy atom. The minimum absolute atomic E-state index is 0.150. The standard InChI is InChI=1S/C21H33NO4/c1-14(2)21(6,7)17-11-9-8-10-15(17)16(18(23)24)12-13-22-19(25)26-20(3,4)5/h8-11,14,16H,12-13H2,1-7H3,(H,22,25)(H,23,24). The number of benzene rings is 1. The van der Waals surface area contributed by atoms with Gasteiger partial charge in [0.05, 0.1) is 5.92 Å². The number of rotatable bonds is 7. The van der Waals surface area contributed by atoms with E-state index in [0.717, 1.165) is 11.1 Å². The normalized spacial score (nSPS) is 13.4. The molecule has 0 heterocycles. The van der Waals surface area contributed by atoms with Gasteiger partial charge in [0.1, 0.15) is 5.60 Å². The molecule has 0 radical (unpaired) electrons. The molecule has 1 amide bonds. The number of carbonyl (C=O) groups is 2. The van der Waals surface area contributed by atoms with Crippen LogP contribution in [0, 0.1) is 5.92 Å². The van der Waals surface area contributed by atoms with Gasteiger partial charge in [-0.2, -0.15) is 0 Å². The molecule has 1 atom stereocenters. The smallest absolute Gasteiger partial charge is 0.407 e. The lowest BCUT2D eigenvalue weighted by atomic mass is 9.71. The van der Waals surface area contributed by atoms with Gasteiger partial charge in [-0.3, -0.25) is 4.79 Å². The Morgan fingerprint density at radius 3 is 2.19 bits per heavy atom. The summed E-state index contributed by atoms with van der Waals surface area (Å²) in [5, 5.41) is 12.4. The molecule has 0 saturated heterocycles. The first-order valence-electron chi connectivity index (χ1n) is 9.15. The van der Waals surface area contributed by atoms with Crippen LogP contribution in [0.25, 0.3) is 0 Å². The van der Waals surface area contributed by atoms with Crippen LogP contribution < -0.4 is 5.32 Å². The Hall–Kier alpha value is -2.04. The average molecular weight is 363 g/mol. The van der Waals surface area contributed by atoms with Crippen LogP contribution in [0.2, 0.25) is 0 Å². The Morgan fingerprint density at radius 1 is 1.12 bits per heavy atom. The molecule has 0 fully saturated rings. The lowest BCUT2D eigenvalue weighted by Gasteiger charge is -2.33. The highest BCUT2D eigenvalue weighted by Crippen LogP contribution is 2.37. The lowest BCUT2D eigenvalue weighted by molar-refractivity contribution is -0.139. The molecule has 146 valence electrons. The molecule has 1 aromatic carbocycles. The van der Waals surface area contributed by atoms with Gasteiger partial charge in [0.2, 0.25) is 0 Å². The van der Waals surface area contributed by atoms with Crippen LogP contribution in [-0.2, 0) is 14.9 Å². The number of hydrogen-bond donors (Lipinski definition) is 2. The van der Waals surface area contributed by atoms with E-state index in [2.05, 4.69) is 33.0 Å². The van der Waals surface area contributed by atoms with Crippen LogP contribution in [0.15, 0.2) is 24.3 Å². The minimum atomic E-state index is -0.886. The summed E-state index contributed by atoms with van der Waals surface area (Å²) < 4.78 is 5.20. The quantitative estimate of drug-likeness (QED) is 0.736. The highest BCUT2D eigenvalue weighted by atomic mass is 16.6. The summed E-state index contributed by atoms with van der Waals surface area (Å²) >= 11 is 0. The van der Waals surface area contributed by atoms with E-state index in [9.17, 15) is 14.7 Å². The molecule has 0 aliphatic carbocycles. The number of hydrogen-bond acceptors (Lipinski definition) is 3. The molecule has 0 saturated carbocycles. The SMILES string of the molecule is CC(C)C(C)(C)c1ccccc1C(CCNC(=O)OC(C)(C)C)C(=O)O. The van der Waals surface area contributed by atoms with E-state index in [1.54, 1.807) is 20.8 Å². The fraction of sp³-hybridized carbons (Fsp3) is 0.619. The number of amides is 1. The largest absolute Gasteiger partial charge is 0.481 e. The van der Waals surface area contributed by atoms with Gasteiger partial charge in [-0.1, -0.05) is 52.0 Å². The number of carbonyl (C=O) groups excluding carboxylic acids is 1. The summed E-state index contributed by atoms with van der Waals surface area (Å²) in [6, 6.07) is 7.70. The fourth-order valence-electron chi connectivity index (χ4n) is 2.74. The van der Waals surface area contributed by atoms with Crippen molar-refractivity contribution in [1.82, 2.24) is 5.32 Å². The summed E-state index contributed by atoms with van der Waals surface area (Å²) in [6.45, 7) is 14.1. The van der Waals surface area contributed by atoms with Crippen molar-refractivity contribution in [1.29, 1.82) is 0 Å². The topological polar surface area (TPSA) is 75.6 Å². The Labute approximate surface area is 157 Å². The van der Waals surface area contributed by atoms with Crippen molar-refractivity contribution in [3.63, 3.8) is 0 Å². The van der Waals surface area contributed by atoms with Crippen molar-refractivity contribution in [3.8, 4) is 0 Å². The predicted octanol–water partition coefficient (Wildman–Crippen LogP) is 4.70. The molecular weight excluding hydrogens is 330 g/mol.